The molecule has 3 nitrogen and oxygen atoms in total. The summed E-state index contributed by atoms with van der Waals surface area (Å²) in [5.74, 6) is 0.594. The average molecular weight is 195 g/mol. The van der Waals surface area contributed by atoms with Gasteiger partial charge in [-0.1, -0.05) is 20.8 Å². The summed E-state index contributed by atoms with van der Waals surface area (Å²) in [4.78, 5) is 4.16. The SMILES string of the molecule is CCCNC(c1cncn1C)C(C)C. The topological polar surface area (TPSA) is 29.9 Å². The highest BCUT2D eigenvalue weighted by Crippen LogP contribution is 2.20. The molecule has 0 aliphatic carbocycles. The zero-order valence-corrected chi connectivity index (χ0v) is 9.62. The van der Waals surface area contributed by atoms with Crippen LogP contribution in [0.15, 0.2) is 12.5 Å². The summed E-state index contributed by atoms with van der Waals surface area (Å²) in [6, 6.07) is 0.419. The molecule has 1 aromatic rings. The molecular formula is C11H21N3. The van der Waals surface area contributed by atoms with Gasteiger partial charge in [0, 0.05) is 13.2 Å². The van der Waals surface area contributed by atoms with E-state index in [4.69, 9.17) is 0 Å². The van der Waals surface area contributed by atoms with E-state index in [2.05, 4.69) is 35.6 Å². The largest absolute Gasteiger partial charge is 0.336 e. The molecule has 1 N–H and O–H groups in total. The number of imidazole rings is 1. The molecule has 0 aliphatic heterocycles. The van der Waals surface area contributed by atoms with Gasteiger partial charge in [-0.25, -0.2) is 4.98 Å². The van der Waals surface area contributed by atoms with Crippen LogP contribution in [-0.4, -0.2) is 16.1 Å². The molecule has 1 heterocycles. The van der Waals surface area contributed by atoms with Crippen molar-refractivity contribution in [2.75, 3.05) is 6.54 Å². The second-order valence-electron chi connectivity index (χ2n) is 4.11. The molecule has 80 valence electrons. The molecule has 0 saturated carbocycles. The van der Waals surface area contributed by atoms with Crippen molar-refractivity contribution < 1.29 is 0 Å². The first kappa shape index (κ1) is 11.2. The van der Waals surface area contributed by atoms with Gasteiger partial charge in [-0.3, -0.25) is 0 Å². The quantitative estimate of drug-likeness (QED) is 0.780. The van der Waals surface area contributed by atoms with Crippen molar-refractivity contribution in [2.24, 2.45) is 13.0 Å². The Morgan fingerprint density at radius 1 is 1.50 bits per heavy atom. The van der Waals surface area contributed by atoms with Crippen molar-refractivity contribution >= 4 is 0 Å². The van der Waals surface area contributed by atoms with E-state index in [1.807, 2.05) is 19.6 Å². The first-order valence-electron chi connectivity index (χ1n) is 5.36. The van der Waals surface area contributed by atoms with Crippen LogP contribution in [0.2, 0.25) is 0 Å². The summed E-state index contributed by atoms with van der Waals surface area (Å²) in [5.41, 5.74) is 1.27. The van der Waals surface area contributed by atoms with Gasteiger partial charge in [0.15, 0.2) is 0 Å². The van der Waals surface area contributed by atoms with Crippen molar-refractivity contribution in [3.8, 4) is 0 Å². The van der Waals surface area contributed by atoms with Gasteiger partial charge < -0.3 is 9.88 Å². The summed E-state index contributed by atoms with van der Waals surface area (Å²) in [5, 5.41) is 3.55. The van der Waals surface area contributed by atoms with E-state index in [1.165, 1.54) is 12.1 Å². The van der Waals surface area contributed by atoms with E-state index >= 15 is 0 Å². The molecule has 0 aromatic carbocycles. The lowest BCUT2D eigenvalue weighted by Gasteiger charge is -2.22. The van der Waals surface area contributed by atoms with Crippen molar-refractivity contribution in [1.82, 2.24) is 14.9 Å². The van der Waals surface area contributed by atoms with E-state index in [9.17, 15) is 0 Å². The van der Waals surface area contributed by atoms with Gasteiger partial charge in [0.25, 0.3) is 0 Å². The number of nitrogens with one attached hydrogen (secondary N) is 1. The van der Waals surface area contributed by atoms with Crippen molar-refractivity contribution in [3.05, 3.63) is 18.2 Å². The van der Waals surface area contributed by atoms with Crippen LogP contribution in [0, 0.1) is 5.92 Å². The van der Waals surface area contributed by atoms with Crippen LogP contribution in [0.5, 0.6) is 0 Å². The molecule has 1 aromatic heterocycles. The monoisotopic (exact) mass is 195 g/mol. The van der Waals surface area contributed by atoms with E-state index in [0.29, 0.717) is 12.0 Å². The summed E-state index contributed by atoms with van der Waals surface area (Å²) in [6.45, 7) is 7.72. The second kappa shape index (κ2) is 5.15. The third-order valence-electron chi connectivity index (χ3n) is 2.45. The number of hydrogen-bond acceptors (Lipinski definition) is 2. The summed E-state index contributed by atoms with van der Waals surface area (Å²) in [6.07, 6.45) is 4.98. The minimum atomic E-state index is 0.419. The standard InChI is InChI=1S/C11H21N3/c1-5-6-13-11(9(2)3)10-7-12-8-14(10)4/h7-9,11,13H,5-6H2,1-4H3. The molecule has 3 heteroatoms. The van der Waals surface area contributed by atoms with Gasteiger partial charge in [0.2, 0.25) is 0 Å². The van der Waals surface area contributed by atoms with E-state index in [0.717, 1.165) is 6.54 Å². The lowest BCUT2D eigenvalue weighted by Crippen LogP contribution is -2.28. The van der Waals surface area contributed by atoms with Gasteiger partial charge in [0.05, 0.1) is 18.1 Å². The Kier molecular flexibility index (Phi) is 4.14. The number of aromatic nitrogens is 2. The maximum atomic E-state index is 4.16. The fourth-order valence-electron chi connectivity index (χ4n) is 1.65. The minimum absolute atomic E-state index is 0.419. The Morgan fingerprint density at radius 2 is 2.21 bits per heavy atom. The van der Waals surface area contributed by atoms with Crippen molar-refractivity contribution in [1.29, 1.82) is 0 Å². The molecule has 14 heavy (non-hydrogen) atoms. The first-order chi connectivity index (χ1) is 6.66. The molecule has 1 rings (SSSR count). The van der Waals surface area contributed by atoms with E-state index in [-0.39, 0.29) is 0 Å². The zero-order valence-electron chi connectivity index (χ0n) is 9.62. The number of rotatable bonds is 5. The van der Waals surface area contributed by atoms with Crippen LogP contribution in [-0.2, 0) is 7.05 Å². The minimum Gasteiger partial charge on any atom is -0.336 e. The molecule has 0 saturated heterocycles. The molecule has 0 fully saturated rings. The number of hydrogen-bond donors (Lipinski definition) is 1. The smallest absolute Gasteiger partial charge is 0.0946 e. The van der Waals surface area contributed by atoms with Crippen molar-refractivity contribution in [2.45, 2.75) is 33.2 Å². The normalized spacial score (nSPS) is 13.5. The van der Waals surface area contributed by atoms with E-state index in [1.54, 1.807) is 0 Å². The number of nitrogens with zero attached hydrogens (tertiary/aromatic N) is 2. The Balaban J connectivity index is 2.73. The maximum Gasteiger partial charge on any atom is 0.0946 e. The Morgan fingerprint density at radius 3 is 2.64 bits per heavy atom. The lowest BCUT2D eigenvalue weighted by molar-refractivity contribution is 0.396. The summed E-state index contributed by atoms with van der Waals surface area (Å²) in [7, 11) is 2.05. The van der Waals surface area contributed by atoms with Gasteiger partial charge in [-0.05, 0) is 18.9 Å². The van der Waals surface area contributed by atoms with Crippen LogP contribution < -0.4 is 5.32 Å². The van der Waals surface area contributed by atoms with Gasteiger partial charge in [-0.15, -0.1) is 0 Å². The Labute approximate surface area is 86.5 Å². The third kappa shape index (κ3) is 2.58. The highest BCUT2D eigenvalue weighted by atomic mass is 15.1. The lowest BCUT2D eigenvalue weighted by atomic mass is 10.0. The van der Waals surface area contributed by atoms with Gasteiger partial charge in [-0.2, -0.15) is 0 Å². The molecule has 0 spiro atoms. The van der Waals surface area contributed by atoms with Crippen LogP contribution in [0.25, 0.3) is 0 Å². The molecule has 1 atom stereocenters. The molecule has 0 aliphatic rings. The van der Waals surface area contributed by atoms with Crippen molar-refractivity contribution in [3.63, 3.8) is 0 Å². The number of aryl methyl sites for hydroxylation is 1. The van der Waals surface area contributed by atoms with Crippen LogP contribution >= 0.6 is 0 Å². The molecule has 1 unspecified atom stereocenters. The van der Waals surface area contributed by atoms with Crippen LogP contribution in [0.3, 0.4) is 0 Å². The Hall–Kier alpha value is -0.830. The fourth-order valence-corrected chi connectivity index (χ4v) is 1.65. The first-order valence-corrected chi connectivity index (χ1v) is 5.36. The predicted molar refractivity (Wildman–Crippen MR) is 59.1 cm³/mol. The van der Waals surface area contributed by atoms with Crippen LogP contribution in [0.1, 0.15) is 38.9 Å². The average Bonchev–Trinajstić information content (AvgIpc) is 2.52. The summed E-state index contributed by atoms with van der Waals surface area (Å²) >= 11 is 0. The molecule has 0 radical (unpaired) electrons. The van der Waals surface area contributed by atoms with Gasteiger partial charge >= 0.3 is 0 Å². The maximum absolute atomic E-state index is 4.16. The molecular weight excluding hydrogens is 174 g/mol. The zero-order chi connectivity index (χ0) is 10.6. The molecule has 0 bridgehead atoms. The van der Waals surface area contributed by atoms with Crippen LogP contribution in [0.4, 0.5) is 0 Å². The second-order valence-corrected chi connectivity index (χ2v) is 4.11. The third-order valence-corrected chi connectivity index (χ3v) is 2.45. The highest BCUT2D eigenvalue weighted by Gasteiger charge is 2.17. The predicted octanol–water partition coefficient (Wildman–Crippen LogP) is 2.12. The fraction of sp³-hybridized carbons (Fsp3) is 0.727. The molecule has 0 amide bonds. The van der Waals surface area contributed by atoms with E-state index < -0.39 is 0 Å². The highest BCUT2D eigenvalue weighted by molar-refractivity contribution is 5.05. The summed E-state index contributed by atoms with van der Waals surface area (Å²) < 4.78 is 2.09. The Bertz CT molecular complexity index is 265. The van der Waals surface area contributed by atoms with Gasteiger partial charge in [0.1, 0.15) is 0 Å².